The number of aromatic nitrogens is 3. The van der Waals surface area contributed by atoms with E-state index in [1.165, 1.54) is 12.3 Å². The molecule has 0 aliphatic rings. The van der Waals surface area contributed by atoms with Gasteiger partial charge >= 0.3 is 7.60 Å². The molecule has 1 aromatic heterocycles. The molecule has 0 bridgehead atoms. The van der Waals surface area contributed by atoms with Gasteiger partial charge < -0.3 is 0 Å². The standard InChI is InChI=1S/C3H6N5O3P/c4-10-12(9,11-5)3-1-2-6-8-7-3/h1-2H,4-5H2. The monoisotopic (exact) mass is 191 g/mol. The van der Waals surface area contributed by atoms with Crippen molar-refractivity contribution in [3.8, 4) is 0 Å². The third-order valence-electron chi connectivity index (χ3n) is 1.05. The Bertz CT molecular complexity index is 283. The minimum atomic E-state index is -3.69. The largest absolute Gasteiger partial charge is 0.413 e. The predicted octanol–water partition coefficient (Wildman–Crippen LogP) is -1.53. The predicted molar refractivity (Wildman–Crippen MR) is 37.6 cm³/mol. The second-order valence-corrected chi connectivity index (χ2v) is 3.56. The molecule has 0 saturated carbocycles. The molecule has 12 heavy (non-hydrogen) atoms. The summed E-state index contributed by atoms with van der Waals surface area (Å²) < 4.78 is 19.4. The van der Waals surface area contributed by atoms with E-state index >= 15 is 0 Å². The summed E-state index contributed by atoms with van der Waals surface area (Å²) in [7, 11) is -3.69. The Balaban J connectivity index is 3.04. The van der Waals surface area contributed by atoms with E-state index < -0.39 is 7.60 Å². The van der Waals surface area contributed by atoms with Crippen LogP contribution in [-0.4, -0.2) is 15.4 Å². The topological polar surface area (TPSA) is 126 Å². The van der Waals surface area contributed by atoms with E-state index in [9.17, 15) is 4.57 Å². The highest BCUT2D eigenvalue weighted by atomic mass is 31.2. The van der Waals surface area contributed by atoms with E-state index in [1.807, 2.05) is 0 Å². The van der Waals surface area contributed by atoms with Crippen molar-refractivity contribution >= 4 is 13.0 Å². The molecule has 0 spiro atoms. The molecule has 66 valence electrons. The Labute approximate surface area is 67.3 Å². The Morgan fingerprint density at radius 1 is 1.42 bits per heavy atom. The molecule has 0 saturated heterocycles. The number of nitrogens with zero attached hydrogens (tertiary/aromatic N) is 3. The Hall–Kier alpha value is -0.920. The molecule has 0 amide bonds. The minimum absolute atomic E-state index is 0.0949. The average Bonchev–Trinajstić information content (AvgIpc) is 2.18. The highest BCUT2D eigenvalue weighted by molar-refractivity contribution is 7.61. The molecule has 0 atom stereocenters. The fraction of sp³-hybridized carbons (Fsp3) is 0. The molecule has 0 aliphatic heterocycles. The summed E-state index contributed by atoms with van der Waals surface area (Å²) >= 11 is 0. The molecule has 1 aromatic rings. The number of nitrogens with two attached hydrogens (primary N) is 2. The number of rotatable bonds is 3. The summed E-state index contributed by atoms with van der Waals surface area (Å²) in [6, 6.07) is 1.27. The van der Waals surface area contributed by atoms with Gasteiger partial charge in [-0.25, -0.2) is 25.6 Å². The van der Waals surface area contributed by atoms with Crippen molar-refractivity contribution in [2.75, 3.05) is 0 Å². The minimum Gasteiger partial charge on any atom is -0.250 e. The lowest BCUT2D eigenvalue weighted by atomic mass is 10.7. The molecule has 1 rings (SSSR count). The quantitative estimate of drug-likeness (QED) is 0.435. The molecular formula is C3H6N5O3P. The van der Waals surface area contributed by atoms with Gasteiger partial charge in [-0.2, -0.15) is 0 Å². The van der Waals surface area contributed by atoms with Crippen molar-refractivity contribution in [1.29, 1.82) is 0 Å². The first-order valence-corrected chi connectivity index (χ1v) is 4.29. The first-order chi connectivity index (χ1) is 5.73. The zero-order chi connectivity index (χ0) is 9.03. The number of hydrogen-bond acceptors (Lipinski definition) is 8. The maximum Gasteiger partial charge on any atom is 0.413 e. The van der Waals surface area contributed by atoms with Crippen molar-refractivity contribution in [2.45, 2.75) is 0 Å². The van der Waals surface area contributed by atoms with Gasteiger partial charge in [0.1, 0.15) is 0 Å². The van der Waals surface area contributed by atoms with E-state index in [-0.39, 0.29) is 5.44 Å². The zero-order valence-electron chi connectivity index (χ0n) is 5.82. The van der Waals surface area contributed by atoms with Crippen LogP contribution in [0, 0.1) is 0 Å². The van der Waals surface area contributed by atoms with Crippen molar-refractivity contribution in [3.05, 3.63) is 12.3 Å². The Morgan fingerprint density at radius 3 is 2.50 bits per heavy atom. The average molecular weight is 191 g/mol. The lowest BCUT2D eigenvalue weighted by Gasteiger charge is -2.08. The molecule has 0 radical (unpaired) electrons. The third-order valence-corrected chi connectivity index (χ3v) is 2.40. The zero-order valence-corrected chi connectivity index (χ0v) is 6.72. The summed E-state index contributed by atoms with van der Waals surface area (Å²) in [6.45, 7) is 0. The fourth-order valence-electron chi connectivity index (χ4n) is 0.514. The summed E-state index contributed by atoms with van der Waals surface area (Å²) in [4.78, 5) is 0. The molecule has 0 aromatic carbocycles. The summed E-state index contributed by atoms with van der Waals surface area (Å²) in [5.74, 6) is 9.39. The fourth-order valence-corrected chi connectivity index (χ4v) is 1.18. The summed E-state index contributed by atoms with van der Waals surface area (Å²) in [5.41, 5.74) is -0.0949. The molecule has 0 aliphatic carbocycles. The second kappa shape index (κ2) is 3.65. The smallest absolute Gasteiger partial charge is 0.250 e. The lowest BCUT2D eigenvalue weighted by Crippen LogP contribution is -2.19. The Morgan fingerprint density at radius 2 is 2.08 bits per heavy atom. The molecule has 8 nitrogen and oxygen atoms in total. The first kappa shape index (κ1) is 9.17. The number of hydrogen-bond donors (Lipinski definition) is 2. The molecule has 0 unspecified atom stereocenters. The van der Waals surface area contributed by atoms with E-state index in [2.05, 4.69) is 24.7 Å². The maximum absolute atomic E-state index is 11.3. The van der Waals surface area contributed by atoms with Gasteiger partial charge in [-0.05, 0) is 11.3 Å². The van der Waals surface area contributed by atoms with Crippen LogP contribution in [0.15, 0.2) is 12.3 Å². The van der Waals surface area contributed by atoms with Crippen molar-refractivity contribution in [1.82, 2.24) is 15.4 Å². The van der Waals surface area contributed by atoms with Gasteiger partial charge in [0.2, 0.25) is 0 Å². The van der Waals surface area contributed by atoms with Gasteiger partial charge in [0.15, 0.2) is 5.44 Å². The first-order valence-electron chi connectivity index (χ1n) is 2.75. The van der Waals surface area contributed by atoms with Crippen molar-refractivity contribution in [2.24, 2.45) is 11.8 Å². The van der Waals surface area contributed by atoms with Crippen molar-refractivity contribution in [3.63, 3.8) is 0 Å². The normalized spacial score (nSPS) is 11.5. The van der Waals surface area contributed by atoms with Gasteiger partial charge in [-0.15, -0.1) is 10.2 Å². The van der Waals surface area contributed by atoms with E-state index in [0.29, 0.717) is 0 Å². The highest BCUT2D eigenvalue weighted by Gasteiger charge is 2.28. The van der Waals surface area contributed by atoms with Crippen LogP contribution in [0.3, 0.4) is 0 Å². The molecule has 1 heterocycles. The highest BCUT2D eigenvalue weighted by Crippen LogP contribution is 2.41. The van der Waals surface area contributed by atoms with Gasteiger partial charge in [0.25, 0.3) is 0 Å². The van der Waals surface area contributed by atoms with Crippen LogP contribution in [0.1, 0.15) is 0 Å². The van der Waals surface area contributed by atoms with Gasteiger partial charge in [0.05, 0.1) is 6.20 Å². The summed E-state index contributed by atoms with van der Waals surface area (Å²) in [6.07, 6.45) is 1.26. The van der Waals surface area contributed by atoms with Crippen LogP contribution in [0.4, 0.5) is 0 Å². The van der Waals surface area contributed by atoms with Crippen LogP contribution in [0.2, 0.25) is 0 Å². The molecular weight excluding hydrogens is 185 g/mol. The van der Waals surface area contributed by atoms with E-state index in [4.69, 9.17) is 11.8 Å². The SMILES string of the molecule is NOP(=O)(ON)c1ccnnn1. The van der Waals surface area contributed by atoms with Crippen LogP contribution in [0.5, 0.6) is 0 Å². The molecule has 0 fully saturated rings. The second-order valence-electron chi connectivity index (χ2n) is 1.69. The molecule has 9 heteroatoms. The van der Waals surface area contributed by atoms with Crippen LogP contribution in [-0.2, 0) is 13.8 Å². The Kier molecular flexibility index (Phi) is 2.79. The van der Waals surface area contributed by atoms with Crippen molar-refractivity contribution < 1.29 is 13.8 Å². The molecule has 4 N–H and O–H groups in total. The maximum atomic E-state index is 11.3. The van der Waals surface area contributed by atoms with Crippen LogP contribution < -0.4 is 17.2 Å². The van der Waals surface area contributed by atoms with Gasteiger partial charge in [-0.3, -0.25) is 0 Å². The van der Waals surface area contributed by atoms with Crippen LogP contribution in [0.25, 0.3) is 0 Å². The third kappa shape index (κ3) is 1.63. The van der Waals surface area contributed by atoms with E-state index in [0.717, 1.165) is 0 Å². The van der Waals surface area contributed by atoms with Gasteiger partial charge in [0, 0.05) is 0 Å². The lowest BCUT2D eigenvalue weighted by molar-refractivity contribution is 0.220. The summed E-state index contributed by atoms with van der Waals surface area (Å²) in [5, 5.41) is 9.91. The van der Waals surface area contributed by atoms with Crippen LogP contribution >= 0.6 is 7.60 Å². The van der Waals surface area contributed by atoms with Gasteiger partial charge in [-0.1, -0.05) is 0 Å². The van der Waals surface area contributed by atoms with E-state index in [1.54, 1.807) is 0 Å².